The highest BCUT2D eigenvalue weighted by Gasteiger charge is 2.17. The monoisotopic (exact) mass is 335 g/mol. The van der Waals surface area contributed by atoms with Gasteiger partial charge in [-0.3, -0.25) is 9.59 Å². The Hall–Kier alpha value is -2.50. The number of methoxy groups -OCH3 is 2. The van der Waals surface area contributed by atoms with Crippen molar-refractivity contribution in [1.82, 2.24) is 4.90 Å². The highest BCUT2D eigenvalue weighted by Crippen LogP contribution is 2.28. The van der Waals surface area contributed by atoms with Gasteiger partial charge in [-0.05, 0) is 30.7 Å². The van der Waals surface area contributed by atoms with Gasteiger partial charge in [0.15, 0.2) is 11.5 Å². The highest BCUT2D eigenvalue weighted by molar-refractivity contribution is 5.92. The molecule has 6 heteroatoms. The van der Waals surface area contributed by atoms with E-state index in [0.717, 1.165) is 5.56 Å². The van der Waals surface area contributed by atoms with E-state index in [1.807, 2.05) is 13.0 Å². The first kappa shape index (κ1) is 19.5. The number of hydrogen-bond acceptors (Lipinski definition) is 5. The molecule has 0 saturated carbocycles. The topological polar surface area (TPSA) is 65.1 Å². The van der Waals surface area contributed by atoms with Gasteiger partial charge in [0.2, 0.25) is 5.91 Å². The summed E-state index contributed by atoms with van der Waals surface area (Å²) in [5.41, 5.74) is 0.818. The molecule has 0 aromatic heterocycles. The molecule has 0 spiro atoms. The van der Waals surface area contributed by atoms with Crippen molar-refractivity contribution in [3.63, 3.8) is 0 Å². The second-order valence-electron chi connectivity index (χ2n) is 5.32. The fraction of sp³-hybridized carbons (Fsp3) is 0.444. The van der Waals surface area contributed by atoms with Gasteiger partial charge in [-0.25, -0.2) is 0 Å². The van der Waals surface area contributed by atoms with Crippen LogP contribution < -0.4 is 9.47 Å². The van der Waals surface area contributed by atoms with Crippen molar-refractivity contribution >= 4 is 18.0 Å². The average Bonchev–Trinajstić information content (AvgIpc) is 2.59. The van der Waals surface area contributed by atoms with Crippen molar-refractivity contribution in [2.75, 3.05) is 34.4 Å². The third kappa shape index (κ3) is 5.61. The van der Waals surface area contributed by atoms with Crippen molar-refractivity contribution in [1.29, 1.82) is 0 Å². The van der Waals surface area contributed by atoms with E-state index in [4.69, 9.17) is 9.47 Å². The Morgan fingerprint density at radius 3 is 2.54 bits per heavy atom. The maximum Gasteiger partial charge on any atom is 0.310 e. The lowest BCUT2D eigenvalue weighted by molar-refractivity contribution is -0.145. The second-order valence-corrected chi connectivity index (χ2v) is 5.32. The predicted octanol–water partition coefficient (Wildman–Crippen LogP) is 2.37. The molecule has 0 aliphatic rings. The summed E-state index contributed by atoms with van der Waals surface area (Å²) in [4.78, 5) is 25.0. The molecule has 1 amide bonds. The lowest BCUT2D eigenvalue weighted by Crippen LogP contribution is -2.33. The van der Waals surface area contributed by atoms with Gasteiger partial charge in [0.25, 0.3) is 0 Å². The summed E-state index contributed by atoms with van der Waals surface area (Å²) < 4.78 is 15.4. The SMILES string of the molecule is CCOc1ccc(/C=C/C(=O)N(C)CC(C)C(=O)OC)cc1OC. The van der Waals surface area contributed by atoms with Crippen LogP contribution in [0.5, 0.6) is 11.5 Å². The molecule has 132 valence electrons. The molecular formula is C18H25NO5. The molecule has 0 heterocycles. The lowest BCUT2D eigenvalue weighted by Gasteiger charge is -2.18. The van der Waals surface area contributed by atoms with Crippen LogP contribution in [0.1, 0.15) is 19.4 Å². The van der Waals surface area contributed by atoms with E-state index >= 15 is 0 Å². The van der Waals surface area contributed by atoms with Crippen LogP contribution in [0.15, 0.2) is 24.3 Å². The lowest BCUT2D eigenvalue weighted by atomic mass is 10.1. The molecular weight excluding hydrogens is 310 g/mol. The van der Waals surface area contributed by atoms with E-state index in [-0.39, 0.29) is 17.8 Å². The van der Waals surface area contributed by atoms with Crippen LogP contribution in [0.3, 0.4) is 0 Å². The molecule has 0 radical (unpaired) electrons. The summed E-state index contributed by atoms with van der Waals surface area (Å²) >= 11 is 0. The Morgan fingerprint density at radius 1 is 1.25 bits per heavy atom. The van der Waals surface area contributed by atoms with Gasteiger partial charge in [0.05, 0.1) is 26.7 Å². The number of benzene rings is 1. The van der Waals surface area contributed by atoms with Gasteiger partial charge in [-0.15, -0.1) is 0 Å². The van der Waals surface area contributed by atoms with Gasteiger partial charge < -0.3 is 19.1 Å². The fourth-order valence-corrected chi connectivity index (χ4v) is 2.13. The summed E-state index contributed by atoms with van der Waals surface area (Å²) in [7, 11) is 4.54. The molecule has 0 N–H and O–H groups in total. The van der Waals surface area contributed by atoms with Gasteiger partial charge in [0, 0.05) is 19.7 Å². The minimum Gasteiger partial charge on any atom is -0.493 e. The van der Waals surface area contributed by atoms with E-state index in [1.54, 1.807) is 39.3 Å². The van der Waals surface area contributed by atoms with Crippen molar-refractivity contribution in [3.05, 3.63) is 29.8 Å². The molecule has 0 bridgehead atoms. The van der Waals surface area contributed by atoms with Crippen molar-refractivity contribution in [2.45, 2.75) is 13.8 Å². The Morgan fingerprint density at radius 2 is 1.96 bits per heavy atom. The summed E-state index contributed by atoms with van der Waals surface area (Å²) in [6.07, 6.45) is 3.15. The maximum atomic E-state index is 12.1. The first-order chi connectivity index (χ1) is 11.4. The van der Waals surface area contributed by atoms with E-state index in [0.29, 0.717) is 24.7 Å². The summed E-state index contributed by atoms with van der Waals surface area (Å²) in [5, 5.41) is 0. The van der Waals surface area contributed by atoms with Crippen LogP contribution in [0, 0.1) is 5.92 Å². The molecule has 0 aliphatic carbocycles. The summed E-state index contributed by atoms with van der Waals surface area (Å²) in [6, 6.07) is 5.44. The van der Waals surface area contributed by atoms with Crippen LogP contribution >= 0.6 is 0 Å². The number of carbonyl (C=O) groups excluding carboxylic acids is 2. The number of hydrogen-bond donors (Lipinski definition) is 0. The van der Waals surface area contributed by atoms with E-state index in [1.165, 1.54) is 18.1 Å². The van der Waals surface area contributed by atoms with Crippen LogP contribution in [0.4, 0.5) is 0 Å². The molecule has 1 aromatic rings. The summed E-state index contributed by atoms with van der Waals surface area (Å²) in [6.45, 7) is 4.46. The van der Waals surface area contributed by atoms with Gasteiger partial charge in [0.1, 0.15) is 0 Å². The van der Waals surface area contributed by atoms with Crippen LogP contribution in [-0.2, 0) is 14.3 Å². The zero-order valence-electron chi connectivity index (χ0n) is 14.9. The maximum absolute atomic E-state index is 12.1. The van der Waals surface area contributed by atoms with Crippen LogP contribution in [-0.4, -0.2) is 51.2 Å². The third-order valence-electron chi connectivity index (χ3n) is 3.43. The number of esters is 1. The number of rotatable bonds is 8. The van der Waals surface area contributed by atoms with Crippen molar-refractivity contribution in [3.8, 4) is 11.5 Å². The molecule has 1 atom stereocenters. The molecule has 1 unspecified atom stereocenters. The number of nitrogens with zero attached hydrogens (tertiary/aromatic N) is 1. The highest BCUT2D eigenvalue weighted by atomic mass is 16.5. The first-order valence-electron chi connectivity index (χ1n) is 7.74. The largest absolute Gasteiger partial charge is 0.493 e. The van der Waals surface area contributed by atoms with Gasteiger partial charge in [-0.1, -0.05) is 13.0 Å². The van der Waals surface area contributed by atoms with Gasteiger partial charge >= 0.3 is 5.97 Å². The van der Waals surface area contributed by atoms with E-state index < -0.39 is 0 Å². The molecule has 24 heavy (non-hydrogen) atoms. The standard InChI is InChI=1S/C18H25NO5/c1-6-24-15-9-7-14(11-16(15)22-4)8-10-17(20)19(3)12-13(2)18(21)23-5/h7-11,13H,6,12H2,1-5H3/b10-8+. The Bertz CT molecular complexity index is 597. The Balaban J connectivity index is 2.74. The van der Waals surface area contributed by atoms with Gasteiger partial charge in [-0.2, -0.15) is 0 Å². The second kappa shape index (κ2) is 9.60. The number of carbonyl (C=O) groups is 2. The minimum absolute atomic E-state index is 0.196. The van der Waals surface area contributed by atoms with E-state index in [9.17, 15) is 9.59 Å². The Kier molecular flexibility index (Phi) is 7.82. The molecule has 0 fully saturated rings. The number of likely N-dealkylation sites (N-methyl/N-ethyl adjacent to an activating group) is 1. The summed E-state index contributed by atoms with van der Waals surface area (Å²) in [5.74, 6) is 0.364. The molecule has 0 saturated heterocycles. The minimum atomic E-state index is -0.372. The van der Waals surface area contributed by atoms with Crippen molar-refractivity contribution in [2.24, 2.45) is 5.92 Å². The van der Waals surface area contributed by atoms with Crippen LogP contribution in [0.2, 0.25) is 0 Å². The first-order valence-corrected chi connectivity index (χ1v) is 7.74. The quantitative estimate of drug-likeness (QED) is 0.539. The molecule has 1 aromatic carbocycles. The zero-order chi connectivity index (χ0) is 18.1. The third-order valence-corrected chi connectivity index (χ3v) is 3.43. The Labute approximate surface area is 143 Å². The smallest absolute Gasteiger partial charge is 0.310 e. The average molecular weight is 335 g/mol. The van der Waals surface area contributed by atoms with Crippen molar-refractivity contribution < 1.29 is 23.8 Å². The van der Waals surface area contributed by atoms with E-state index in [2.05, 4.69) is 4.74 Å². The predicted molar refractivity (Wildman–Crippen MR) is 92.0 cm³/mol. The van der Waals surface area contributed by atoms with Crippen LogP contribution in [0.25, 0.3) is 6.08 Å². The number of ether oxygens (including phenoxy) is 3. The normalized spacial score (nSPS) is 11.9. The molecule has 1 rings (SSSR count). The zero-order valence-corrected chi connectivity index (χ0v) is 14.9. The fourth-order valence-electron chi connectivity index (χ4n) is 2.13. The molecule has 6 nitrogen and oxygen atoms in total. The molecule has 0 aliphatic heterocycles. The number of amides is 1.